The van der Waals surface area contributed by atoms with Gasteiger partial charge < -0.3 is 16.0 Å². The highest BCUT2D eigenvalue weighted by Gasteiger charge is 1.88. The summed E-state index contributed by atoms with van der Waals surface area (Å²) in [5.74, 6) is 0. The summed E-state index contributed by atoms with van der Waals surface area (Å²) in [4.78, 5) is 16.4. The van der Waals surface area contributed by atoms with Crippen molar-refractivity contribution in [3.8, 4) is 0 Å². The minimum atomic E-state index is -0.344. The number of hydrogen-bond donors (Lipinski definition) is 3. The molecule has 4 N–H and O–H groups in total. The minimum absolute atomic E-state index is 0.344. The van der Waals surface area contributed by atoms with Crippen LogP contribution in [-0.2, 0) is 0 Å². The molecule has 0 aromatic carbocycles. The lowest BCUT2D eigenvalue weighted by atomic mass is 10.5. The van der Waals surface area contributed by atoms with Crippen molar-refractivity contribution in [1.82, 2.24) is 9.97 Å². The Hall–Kier alpha value is -1.36. The van der Waals surface area contributed by atoms with Crippen LogP contribution in [0.2, 0.25) is 0 Å². The number of nitrogens with one attached hydrogen (secondary N) is 2. The molecule has 11 heavy (non-hydrogen) atoms. The van der Waals surface area contributed by atoms with Crippen molar-refractivity contribution < 1.29 is 0 Å². The minimum Gasteiger partial charge on any atom is -0.381 e. The van der Waals surface area contributed by atoms with Crippen LogP contribution in [0, 0.1) is 0 Å². The first-order valence-corrected chi connectivity index (χ1v) is 3.31. The molecule has 1 aromatic heterocycles. The molecule has 0 aliphatic rings. The maximum Gasteiger partial charge on any atom is 0.345 e. The van der Waals surface area contributed by atoms with E-state index in [1.54, 1.807) is 6.20 Å². The predicted molar refractivity (Wildman–Crippen MR) is 42.4 cm³/mol. The van der Waals surface area contributed by atoms with Gasteiger partial charge in [0, 0.05) is 19.3 Å². The summed E-state index contributed by atoms with van der Waals surface area (Å²) < 4.78 is 0. The second kappa shape index (κ2) is 3.72. The maximum absolute atomic E-state index is 10.5. The summed E-state index contributed by atoms with van der Waals surface area (Å²) in [5, 5.41) is 2.96. The highest BCUT2D eigenvalue weighted by atomic mass is 16.1. The highest BCUT2D eigenvalue weighted by Crippen LogP contribution is 1.95. The first-order chi connectivity index (χ1) is 5.33. The number of rotatable bonds is 3. The largest absolute Gasteiger partial charge is 0.381 e. The second-order valence-electron chi connectivity index (χ2n) is 2.02. The standard InChI is InChI=1S/C6H10N4O/c7-1-2-8-5-3-9-6(11)10-4-5/h3-4,8H,1-2,7H2,(H,9,10,11). The molecule has 0 spiro atoms. The third-order valence-electron chi connectivity index (χ3n) is 1.15. The fourth-order valence-electron chi connectivity index (χ4n) is 0.655. The third kappa shape index (κ3) is 2.38. The second-order valence-corrected chi connectivity index (χ2v) is 2.02. The molecule has 5 heteroatoms. The van der Waals surface area contributed by atoms with Gasteiger partial charge in [-0.3, -0.25) is 0 Å². The Kier molecular flexibility index (Phi) is 2.62. The lowest BCUT2D eigenvalue weighted by Gasteiger charge is -2.00. The van der Waals surface area contributed by atoms with E-state index in [0.29, 0.717) is 13.1 Å². The molecular weight excluding hydrogens is 144 g/mol. The topological polar surface area (TPSA) is 83.8 Å². The summed E-state index contributed by atoms with van der Waals surface area (Å²) in [6, 6.07) is 0. The lowest BCUT2D eigenvalue weighted by molar-refractivity contribution is 1.00. The summed E-state index contributed by atoms with van der Waals surface area (Å²) in [5.41, 5.74) is 5.68. The molecular formula is C6H10N4O. The molecule has 0 atom stereocenters. The number of hydrogen-bond acceptors (Lipinski definition) is 4. The molecule has 0 saturated heterocycles. The van der Waals surface area contributed by atoms with E-state index in [1.807, 2.05) is 0 Å². The fourth-order valence-corrected chi connectivity index (χ4v) is 0.655. The molecule has 1 rings (SSSR count). The van der Waals surface area contributed by atoms with E-state index in [2.05, 4.69) is 15.3 Å². The summed E-state index contributed by atoms with van der Waals surface area (Å²) >= 11 is 0. The molecule has 5 nitrogen and oxygen atoms in total. The van der Waals surface area contributed by atoms with Gasteiger partial charge in [0.05, 0.1) is 11.9 Å². The molecule has 0 aliphatic heterocycles. The quantitative estimate of drug-likeness (QED) is 0.529. The molecule has 0 bridgehead atoms. The van der Waals surface area contributed by atoms with E-state index >= 15 is 0 Å². The highest BCUT2D eigenvalue weighted by molar-refractivity contribution is 5.36. The van der Waals surface area contributed by atoms with Crippen molar-refractivity contribution in [2.24, 2.45) is 5.73 Å². The molecule has 1 heterocycles. The van der Waals surface area contributed by atoms with Crippen LogP contribution < -0.4 is 16.7 Å². The zero-order chi connectivity index (χ0) is 8.10. The maximum atomic E-state index is 10.5. The number of aromatic nitrogens is 2. The number of nitrogens with two attached hydrogens (primary N) is 1. The molecule has 0 radical (unpaired) electrons. The van der Waals surface area contributed by atoms with Crippen LogP contribution in [-0.4, -0.2) is 23.1 Å². The average molecular weight is 154 g/mol. The van der Waals surface area contributed by atoms with E-state index in [-0.39, 0.29) is 5.69 Å². The van der Waals surface area contributed by atoms with E-state index in [4.69, 9.17) is 5.73 Å². The number of aromatic amines is 1. The Balaban J connectivity index is 2.59. The van der Waals surface area contributed by atoms with Crippen LogP contribution in [0.15, 0.2) is 17.2 Å². The van der Waals surface area contributed by atoms with Crippen LogP contribution >= 0.6 is 0 Å². The molecule has 0 aliphatic carbocycles. The van der Waals surface area contributed by atoms with Gasteiger partial charge in [-0.2, -0.15) is 4.98 Å². The monoisotopic (exact) mass is 154 g/mol. The van der Waals surface area contributed by atoms with Crippen LogP contribution in [0.1, 0.15) is 0 Å². The van der Waals surface area contributed by atoms with Gasteiger partial charge in [-0.1, -0.05) is 0 Å². The van der Waals surface area contributed by atoms with Crippen molar-refractivity contribution in [3.63, 3.8) is 0 Å². The van der Waals surface area contributed by atoms with E-state index < -0.39 is 0 Å². The Morgan fingerprint density at radius 3 is 3.09 bits per heavy atom. The van der Waals surface area contributed by atoms with Gasteiger partial charge >= 0.3 is 5.69 Å². The van der Waals surface area contributed by atoms with Crippen molar-refractivity contribution in [3.05, 3.63) is 22.9 Å². The smallest absolute Gasteiger partial charge is 0.345 e. The van der Waals surface area contributed by atoms with Crippen LogP contribution in [0.5, 0.6) is 0 Å². The normalized spacial score (nSPS) is 9.55. The number of H-pyrrole nitrogens is 1. The summed E-state index contributed by atoms with van der Waals surface area (Å²) in [7, 11) is 0. The molecule has 0 unspecified atom stereocenters. The number of nitrogens with zero attached hydrogens (tertiary/aromatic N) is 1. The third-order valence-corrected chi connectivity index (χ3v) is 1.15. The van der Waals surface area contributed by atoms with Crippen molar-refractivity contribution in [1.29, 1.82) is 0 Å². The Labute approximate surface area is 63.7 Å². The molecule has 0 saturated carbocycles. The van der Waals surface area contributed by atoms with Crippen LogP contribution in [0.3, 0.4) is 0 Å². The molecule has 0 amide bonds. The van der Waals surface area contributed by atoms with Crippen LogP contribution in [0.4, 0.5) is 5.69 Å². The first-order valence-electron chi connectivity index (χ1n) is 3.31. The van der Waals surface area contributed by atoms with Gasteiger partial charge in [0.1, 0.15) is 0 Å². The Morgan fingerprint density at radius 2 is 2.55 bits per heavy atom. The fraction of sp³-hybridized carbons (Fsp3) is 0.333. The lowest BCUT2D eigenvalue weighted by Crippen LogP contribution is -2.15. The van der Waals surface area contributed by atoms with Crippen molar-refractivity contribution in [2.75, 3.05) is 18.4 Å². The predicted octanol–water partition coefficient (Wildman–Crippen LogP) is -0.860. The Morgan fingerprint density at radius 1 is 1.73 bits per heavy atom. The SMILES string of the molecule is NCCNc1cnc(=O)[nH]c1. The zero-order valence-electron chi connectivity index (χ0n) is 6.00. The molecule has 1 aromatic rings. The van der Waals surface area contributed by atoms with Gasteiger partial charge in [0.25, 0.3) is 0 Å². The molecule has 0 fully saturated rings. The van der Waals surface area contributed by atoms with Crippen LogP contribution in [0.25, 0.3) is 0 Å². The number of anilines is 1. The van der Waals surface area contributed by atoms with Crippen molar-refractivity contribution in [2.45, 2.75) is 0 Å². The van der Waals surface area contributed by atoms with Gasteiger partial charge in [-0.05, 0) is 0 Å². The van der Waals surface area contributed by atoms with Gasteiger partial charge in [-0.15, -0.1) is 0 Å². The van der Waals surface area contributed by atoms with Gasteiger partial charge in [-0.25, -0.2) is 4.79 Å². The van der Waals surface area contributed by atoms with Gasteiger partial charge in [0.15, 0.2) is 0 Å². The summed E-state index contributed by atoms with van der Waals surface area (Å²) in [6.07, 6.45) is 3.03. The zero-order valence-corrected chi connectivity index (χ0v) is 6.00. The average Bonchev–Trinajstić information content (AvgIpc) is 2.04. The Bertz CT molecular complexity index is 249. The van der Waals surface area contributed by atoms with E-state index in [9.17, 15) is 4.79 Å². The van der Waals surface area contributed by atoms with Crippen molar-refractivity contribution >= 4 is 5.69 Å². The summed E-state index contributed by atoms with van der Waals surface area (Å²) in [6.45, 7) is 1.23. The van der Waals surface area contributed by atoms with Gasteiger partial charge in [0.2, 0.25) is 0 Å². The van der Waals surface area contributed by atoms with E-state index in [1.165, 1.54) is 6.20 Å². The molecule has 60 valence electrons. The first kappa shape index (κ1) is 7.74. The van der Waals surface area contributed by atoms with E-state index in [0.717, 1.165) is 5.69 Å².